The molecular weight excluding hydrogens is 382 g/mol. The van der Waals surface area contributed by atoms with Crippen molar-refractivity contribution in [3.8, 4) is 5.69 Å². The van der Waals surface area contributed by atoms with E-state index in [1.54, 1.807) is 13.3 Å². The summed E-state index contributed by atoms with van der Waals surface area (Å²) in [6, 6.07) is 12.3. The van der Waals surface area contributed by atoms with Gasteiger partial charge in [0.1, 0.15) is 0 Å². The molecule has 4 rings (SSSR count). The normalized spacial score (nSPS) is 18.9. The van der Waals surface area contributed by atoms with Crippen LogP contribution in [0.25, 0.3) is 5.69 Å². The first-order chi connectivity index (χ1) is 14.1. The average molecular weight is 408 g/mol. The Morgan fingerprint density at radius 3 is 2.72 bits per heavy atom. The fraction of sp³-hybridized carbons (Fsp3) is 0.318. The maximum absolute atomic E-state index is 5.70. The molecule has 7 heteroatoms. The number of nitrogens with one attached hydrogen (secondary N) is 1. The quantitative estimate of drug-likeness (QED) is 0.631. The Hall–Kier alpha value is -2.77. The van der Waals surface area contributed by atoms with Crippen LogP contribution in [0.2, 0.25) is 0 Å². The van der Waals surface area contributed by atoms with Gasteiger partial charge in [-0.25, -0.2) is 0 Å². The van der Waals surface area contributed by atoms with Crippen LogP contribution in [-0.2, 0) is 4.74 Å². The molecule has 3 aromatic rings. The van der Waals surface area contributed by atoms with Crippen LogP contribution in [0.5, 0.6) is 0 Å². The van der Waals surface area contributed by atoms with Crippen molar-refractivity contribution in [2.24, 2.45) is 0 Å². The summed E-state index contributed by atoms with van der Waals surface area (Å²) in [5.41, 5.74) is 5.60. The second kappa shape index (κ2) is 8.31. The van der Waals surface area contributed by atoms with Crippen LogP contribution in [0.15, 0.2) is 55.0 Å². The maximum atomic E-state index is 5.70. The summed E-state index contributed by atoms with van der Waals surface area (Å²) in [4.78, 5) is 11.1. The van der Waals surface area contributed by atoms with Gasteiger partial charge in [0.05, 0.1) is 36.3 Å². The molecule has 29 heavy (non-hydrogen) atoms. The molecule has 0 aromatic carbocycles. The van der Waals surface area contributed by atoms with Crippen LogP contribution in [0.1, 0.15) is 34.7 Å². The van der Waals surface area contributed by atoms with Gasteiger partial charge in [0.2, 0.25) is 0 Å². The molecule has 0 spiro atoms. The number of pyridine rings is 2. The summed E-state index contributed by atoms with van der Waals surface area (Å²) in [6.45, 7) is 5.60. The minimum Gasteiger partial charge on any atom is -0.383 e. The van der Waals surface area contributed by atoms with Gasteiger partial charge in [-0.3, -0.25) is 9.97 Å². The molecule has 3 aromatic heterocycles. The highest BCUT2D eigenvalue weighted by Crippen LogP contribution is 2.41. The highest BCUT2D eigenvalue weighted by atomic mass is 32.1. The monoisotopic (exact) mass is 407 g/mol. The summed E-state index contributed by atoms with van der Waals surface area (Å²) >= 11 is 5.70. The Morgan fingerprint density at radius 1 is 1.17 bits per heavy atom. The smallest absolute Gasteiger partial charge is 0.170 e. The van der Waals surface area contributed by atoms with Gasteiger partial charge in [-0.1, -0.05) is 6.07 Å². The molecular formula is C22H25N5OS. The zero-order chi connectivity index (χ0) is 20.4. The van der Waals surface area contributed by atoms with Gasteiger partial charge in [-0.05, 0) is 62.0 Å². The van der Waals surface area contributed by atoms with E-state index in [2.05, 4.69) is 50.7 Å². The van der Waals surface area contributed by atoms with Gasteiger partial charge in [0.15, 0.2) is 5.11 Å². The second-order valence-electron chi connectivity index (χ2n) is 7.19. The Kier molecular flexibility index (Phi) is 5.60. The van der Waals surface area contributed by atoms with Crippen LogP contribution < -0.4 is 5.32 Å². The number of hydrogen-bond acceptors (Lipinski definition) is 4. The number of methoxy groups -OCH3 is 1. The minimum absolute atomic E-state index is 0.0246. The molecule has 0 aliphatic carbocycles. The van der Waals surface area contributed by atoms with Crippen molar-refractivity contribution in [1.82, 2.24) is 24.8 Å². The minimum atomic E-state index is -0.0246. The number of hydrogen-bond donors (Lipinski definition) is 1. The fourth-order valence-electron chi connectivity index (χ4n) is 4.14. The Bertz CT molecular complexity index is 989. The van der Waals surface area contributed by atoms with E-state index in [-0.39, 0.29) is 12.1 Å². The number of nitrogens with zero attached hydrogens (tertiary/aromatic N) is 4. The maximum Gasteiger partial charge on any atom is 0.170 e. The van der Waals surface area contributed by atoms with Crippen LogP contribution >= 0.6 is 12.2 Å². The first kappa shape index (κ1) is 19.5. The molecule has 1 saturated heterocycles. The number of aryl methyl sites for hydroxylation is 1. The number of thiocarbonyl (C=S) groups is 1. The molecule has 1 N–H and O–H groups in total. The molecule has 0 saturated carbocycles. The van der Waals surface area contributed by atoms with Gasteiger partial charge in [0.25, 0.3) is 0 Å². The molecule has 1 aliphatic rings. The van der Waals surface area contributed by atoms with Crippen molar-refractivity contribution in [2.45, 2.75) is 25.9 Å². The highest BCUT2D eigenvalue weighted by molar-refractivity contribution is 7.80. The molecule has 1 aliphatic heterocycles. The molecule has 1 fully saturated rings. The third kappa shape index (κ3) is 3.63. The van der Waals surface area contributed by atoms with Crippen LogP contribution in [0.3, 0.4) is 0 Å². The summed E-state index contributed by atoms with van der Waals surface area (Å²) in [7, 11) is 1.71. The van der Waals surface area contributed by atoms with Crippen molar-refractivity contribution in [3.63, 3.8) is 0 Å². The predicted molar refractivity (Wildman–Crippen MR) is 117 cm³/mol. The lowest BCUT2D eigenvalue weighted by atomic mass is 9.97. The Balaban J connectivity index is 1.81. The summed E-state index contributed by atoms with van der Waals surface area (Å²) in [6.07, 6.45) is 5.51. The lowest BCUT2D eigenvalue weighted by Gasteiger charge is -2.28. The van der Waals surface area contributed by atoms with Gasteiger partial charge in [0, 0.05) is 37.4 Å². The van der Waals surface area contributed by atoms with Crippen molar-refractivity contribution in [1.29, 1.82) is 0 Å². The average Bonchev–Trinajstić information content (AvgIpc) is 3.23. The number of rotatable bonds is 6. The zero-order valence-electron chi connectivity index (χ0n) is 16.9. The lowest BCUT2D eigenvalue weighted by Crippen LogP contribution is -2.32. The summed E-state index contributed by atoms with van der Waals surface area (Å²) in [5, 5.41) is 4.22. The Labute approximate surface area is 176 Å². The van der Waals surface area contributed by atoms with Gasteiger partial charge in [-0.2, -0.15) is 0 Å². The molecule has 0 bridgehead atoms. The second-order valence-corrected chi connectivity index (χ2v) is 7.57. The van der Waals surface area contributed by atoms with E-state index < -0.39 is 0 Å². The van der Waals surface area contributed by atoms with Gasteiger partial charge >= 0.3 is 0 Å². The van der Waals surface area contributed by atoms with E-state index in [1.165, 1.54) is 11.3 Å². The van der Waals surface area contributed by atoms with E-state index in [0.29, 0.717) is 13.2 Å². The lowest BCUT2D eigenvalue weighted by molar-refractivity contribution is 0.164. The third-order valence-electron chi connectivity index (χ3n) is 5.43. The van der Waals surface area contributed by atoms with Gasteiger partial charge < -0.3 is 19.5 Å². The van der Waals surface area contributed by atoms with E-state index in [1.807, 2.05) is 36.7 Å². The van der Waals surface area contributed by atoms with E-state index in [9.17, 15) is 0 Å². The number of aromatic nitrogens is 3. The SMILES string of the molecule is COCCN1C(=S)N[C@H](c2ccccn2)[C@H]1c1cc(C)n(-c2cccnc2)c1C. The van der Waals surface area contributed by atoms with Crippen molar-refractivity contribution >= 4 is 17.3 Å². The van der Waals surface area contributed by atoms with Crippen molar-refractivity contribution < 1.29 is 4.74 Å². The fourth-order valence-corrected chi connectivity index (χ4v) is 4.48. The van der Waals surface area contributed by atoms with Crippen LogP contribution in [0, 0.1) is 13.8 Å². The largest absolute Gasteiger partial charge is 0.383 e. The summed E-state index contributed by atoms with van der Waals surface area (Å²) in [5.74, 6) is 0. The first-order valence-electron chi connectivity index (χ1n) is 9.68. The van der Waals surface area contributed by atoms with E-state index in [0.717, 1.165) is 22.2 Å². The van der Waals surface area contributed by atoms with E-state index in [4.69, 9.17) is 17.0 Å². The first-order valence-corrected chi connectivity index (χ1v) is 10.1. The van der Waals surface area contributed by atoms with Gasteiger partial charge in [-0.15, -0.1) is 0 Å². The standard InChI is InChI=1S/C22H25N5OS/c1-15-13-18(16(2)27(15)17-7-6-9-23-14-17)21-20(19-8-4-5-10-24-19)25-22(29)26(21)11-12-28-3/h4-10,13-14,20-21H,11-12H2,1-3H3,(H,25,29)/t20-,21-/m1/s1. The molecule has 0 unspecified atom stereocenters. The highest BCUT2D eigenvalue weighted by Gasteiger charge is 2.41. The number of ether oxygens (including phenoxy) is 1. The van der Waals surface area contributed by atoms with Crippen LogP contribution in [0.4, 0.5) is 0 Å². The summed E-state index contributed by atoms with van der Waals surface area (Å²) < 4.78 is 7.59. The predicted octanol–water partition coefficient (Wildman–Crippen LogP) is 3.50. The topological polar surface area (TPSA) is 55.2 Å². The van der Waals surface area contributed by atoms with Crippen molar-refractivity contribution in [3.05, 3.63) is 77.6 Å². The molecule has 4 heterocycles. The molecule has 0 radical (unpaired) electrons. The molecule has 2 atom stereocenters. The Morgan fingerprint density at radius 2 is 2.03 bits per heavy atom. The van der Waals surface area contributed by atoms with E-state index >= 15 is 0 Å². The molecule has 0 amide bonds. The molecule has 150 valence electrons. The molecule has 6 nitrogen and oxygen atoms in total. The zero-order valence-corrected chi connectivity index (χ0v) is 17.7. The van der Waals surface area contributed by atoms with Crippen LogP contribution in [-0.4, -0.2) is 44.8 Å². The third-order valence-corrected chi connectivity index (χ3v) is 5.78. The van der Waals surface area contributed by atoms with Crippen molar-refractivity contribution in [2.75, 3.05) is 20.3 Å².